The van der Waals surface area contributed by atoms with Crippen molar-refractivity contribution in [1.29, 1.82) is 0 Å². The first-order valence-corrected chi connectivity index (χ1v) is 7.69. The van der Waals surface area contributed by atoms with Crippen molar-refractivity contribution >= 4 is 67.3 Å². The predicted molar refractivity (Wildman–Crippen MR) is 77.8 cm³/mol. The third-order valence-corrected chi connectivity index (χ3v) is 0. The molecule has 0 radical (unpaired) electrons. The van der Waals surface area contributed by atoms with E-state index >= 15 is 0 Å². The van der Waals surface area contributed by atoms with Gasteiger partial charge in [0.05, 0.1) is 0 Å². The van der Waals surface area contributed by atoms with Gasteiger partial charge in [-0.15, -0.1) is 0 Å². The molecule has 0 rings (SSSR count). The molecule has 26 heavy (non-hydrogen) atoms. The molecule has 0 saturated carbocycles. The van der Waals surface area contributed by atoms with Crippen molar-refractivity contribution in [2.75, 3.05) is 0 Å². The summed E-state index contributed by atoms with van der Waals surface area (Å²) in [6, 6.07) is 0. The van der Waals surface area contributed by atoms with E-state index in [1.165, 1.54) is 0 Å². The topological polar surface area (TPSA) is 361 Å². The van der Waals surface area contributed by atoms with Gasteiger partial charge in [-0.05, 0) is 0 Å². The number of carboxylic acid groups (broad SMARTS) is 2. The number of phosphoric acid groups is 3. The van der Waals surface area contributed by atoms with Crippen LogP contribution in [0.5, 0.6) is 0 Å². The van der Waals surface area contributed by atoms with Crippen LogP contribution >= 0.6 is 23.5 Å². The second-order valence-electron chi connectivity index (χ2n) is 1.82. The molecule has 0 heterocycles. The van der Waals surface area contributed by atoms with E-state index in [2.05, 4.69) is 0 Å². The molecular weight excluding hydrogens is 554 g/mol. The molecule has 17 nitrogen and oxygen atoms in total. The van der Waals surface area contributed by atoms with Gasteiger partial charge in [0, 0.05) is 51.2 Å². The third kappa shape index (κ3) is 3250. The molecule has 17 N–H and O–H groups in total. The summed E-state index contributed by atoms with van der Waals surface area (Å²) in [6.07, 6.45) is -1.83. The summed E-state index contributed by atoms with van der Waals surface area (Å²) in [6.45, 7) is 0. The van der Waals surface area contributed by atoms with Crippen molar-refractivity contribution in [2.45, 2.75) is 0 Å². The van der Waals surface area contributed by atoms with Crippen molar-refractivity contribution in [2.24, 2.45) is 0 Å². The summed E-state index contributed by atoms with van der Waals surface area (Å²) in [4.78, 5) is 73.2. The molecule has 0 saturated heterocycles. The van der Waals surface area contributed by atoms with E-state index in [4.69, 9.17) is 72.7 Å². The van der Waals surface area contributed by atoms with Crippen LogP contribution in [0.1, 0.15) is 0 Å². The molecular formula is CH19Fe3Li2N2O15P3. The fourth-order valence-electron chi connectivity index (χ4n) is 0. The summed E-state index contributed by atoms with van der Waals surface area (Å²) in [7, 11) is -13.9. The summed E-state index contributed by atoms with van der Waals surface area (Å²) >= 11 is 0. The Morgan fingerprint density at radius 1 is 0.500 bits per heavy atom. The molecule has 0 aliphatic heterocycles. The monoisotopic (exact) mass is 574 g/mol. The van der Waals surface area contributed by atoms with E-state index in [-0.39, 0.29) is 101 Å². The molecule has 0 unspecified atom stereocenters. The number of hydrogen-bond donors (Lipinski definition) is 13. The van der Waals surface area contributed by atoms with E-state index in [0.29, 0.717) is 0 Å². The van der Waals surface area contributed by atoms with Crippen LogP contribution in [0, 0.1) is 0 Å². The Morgan fingerprint density at radius 2 is 0.500 bits per heavy atom. The van der Waals surface area contributed by atoms with Crippen molar-refractivity contribution < 1.29 is 124 Å². The SMILES string of the molecule is N.N.O=C(O)O.O=P(O)(O)O.O=P(O)(O)O.O=P(O)(O)O.[Fe].[Fe].[Fe].[LiH].[LiH]. The van der Waals surface area contributed by atoms with Crippen molar-refractivity contribution in [3.05, 3.63) is 0 Å². The zero-order valence-corrected chi connectivity index (χ0v) is 16.9. The molecule has 25 heteroatoms. The van der Waals surface area contributed by atoms with Crippen LogP contribution in [0.4, 0.5) is 4.79 Å². The fraction of sp³-hybridized carbons (Fsp3) is 0. The van der Waals surface area contributed by atoms with Crippen LogP contribution in [0.3, 0.4) is 0 Å². The molecule has 0 aliphatic rings. The molecule has 0 spiro atoms. The van der Waals surface area contributed by atoms with Gasteiger partial charge < -0.3 is 66.6 Å². The van der Waals surface area contributed by atoms with Crippen molar-refractivity contribution in [1.82, 2.24) is 12.3 Å². The van der Waals surface area contributed by atoms with Gasteiger partial charge in [0.2, 0.25) is 0 Å². The first-order chi connectivity index (χ1) is 7.73. The van der Waals surface area contributed by atoms with Crippen LogP contribution in [0.15, 0.2) is 0 Å². The number of carbonyl (C=O) groups is 1. The van der Waals surface area contributed by atoms with Crippen LogP contribution in [0.2, 0.25) is 0 Å². The van der Waals surface area contributed by atoms with E-state index < -0.39 is 29.6 Å². The summed E-state index contributed by atoms with van der Waals surface area (Å²) in [5.41, 5.74) is 0. The van der Waals surface area contributed by atoms with Crippen LogP contribution < -0.4 is 12.3 Å². The van der Waals surface area contributed by atoms with E-state index in [9.17, 15) is 0 Å². The van der Waals surface area contributed by atoms with Crippen molar-refractivity contribution in [3.63, 3.8) is 0 Å². The third-order valence-electron chi connectivity index (χ3n) is 0. The number of rotatable bonds is 0. The van der Waals surface area contributed by atoms with Crippen molar-refractivity contribution in [3.8, 4) is 0 Å². The van der Waals surface area contributed by atoms with Gasteiger partial charge in [0.25, 0.3) is 0 Å². The minimum atomic E-state index is -4.64. The molecule has 164 valence electrons. The molecule has 0 aromatic carbocycles. The van der Waals surface area contributed by atoms with Gasteiger partial charge >= 0.3 is 67.3 Å². The van der Waals surface area contributed by atoms with Crippen LogP contribution in [-0.4, -0.2) is 98.1 Å². The van der Waals surface area contributed by atoms with E-state index in [0.717, 1.165) is 0 Å². The van der Waals surface area contributed by atoms with E-state index in [1.54, 1.807) is 0 Å². The van der Waals surface area contributed by atoms with Crippen LogP contribution in [-0.2, 0) is 64.9 Å². The quantitative estimate of drug-likeness (QED) is 0.0984. The Hall–Kier alpha value is 2.27. The first kappa shape index (κ1) is 70.5. The average molecular weight is 574 g/mol. The second kappa shape index (κ2) is 34.8. The zero-order valence-electron chi connectivity index (χ0n) is 10.9. The average Bonchev–Trinajstić information content (AvgIpc) is 1.66. The minimum absolute atomic E-state index is 0. The Labute approximate surface area is 202 Å². The first-order valence-electron chi connectivity index (χ1n) is 3.00. The molecule has 0 fully saturated rings. The molecule has 0 bridgehead atoms. The maximum absolute atomic E-state index is 8.88. The zero-order chi connectivity index (χ0) is 17.1. The van der Waals surface area contributed by atoms with E-state index in [1.807, 2.05) is 0 Å². The van der Waals surface area contributed by atoms with Gasteiger partial charge in [-0.3, -0.25) is 0 Å². The van der Waals surface area contributed by atoms with Gasteiger partial charge in [0.1, 0.15) is 0 Å². The normalized spacial score (nSPS) is 7.73. The van der Waals surface area contributed by atoms with Gasteiger partial charge in [-0.2, -0.15) is 0 Å². The Bertz CT molecular complexity index is 306. The molecule has 0 aliphatic carbocycles. The molecule has 0 atom stereocenters. The second-order valence-corrected chi connectivity index (χ2v) is 4.90. The Kier molecular flexibility index (Phi) is 94.2. The number of hydrogen-bond acceptors (Lipinski definition) is 6. The van der Waals surface area contributed by atoms with Gasteiger partial charge in [-0.25, -0.2) is 18.5 Å². The van der Waals surface area contributed by atoms with Crippen LogP contribution in [0.25, 0.3) is 0 Å². The van der Waals surface area contributed by atoms with Gasteiger partial charge in [0.15, 0.2) is 0 Å². The maximum atomic E-state index is 8.88. The Balaban J connectivity index is -0.0000000118. The predicted octanol–water partition coefficient (Wildman–Crippen LogP) is -3.54. The summed E-state index contributed by atoms with van der Waals surface area (Å²) in [5, 5.41) is 13.9. The van der Waals surface area contributed by atoms with Gasteiger partial charge in [-0.1, -0.05) is 0 Å². The summed E-state index contributed by atoms with van der Waals surface area (Å²) < 4.78 is 26.6. The summed E-state index contributed by atoms with van der Waals surface area (Å²) in [5.74, 6) is 0. The molecule has 0 aromatic heterocycles. The Morgan fingerprint density at radius 3 is 0.500 bits per heavy atom. The standard InChI is InChI=1S/CH2O3.3Fe.2Li.2H3N.3H3O4P.2H/c2-1(3)4;;;;;;;;3*1-5(2,3)4;;/h(H2,2,3,4);;;;;;2*1H3;3*(H3,1,2,3,4);;. The molecule has 0 aromatic rings. The fourth-order valence-corrected chi connectivity index (χ4v) is 0. The molecule has 0 amide bonds.